The molecular formula is C21H24N2O3. The van der Waals surface area contributed by atoms with Crippen LogP contribution in [0.2, 0.25) is 0 Å². The van der Waals surface area contributed by atoms with Gasteiger partial charge in [0.2, 0.25) is 0 Å². The number of hydrogen-bond acceptors (Lipinski definition) is 4. The van der Waals surface area contributed by atoms with Gasteiger partial charge in [0, 0.05) is 35.8 Å². The maximum Gasteiger partial charge on any atom is 0.310 e. The minimum Gasteiger partial charge on any atom is -0.469 e. The second-order valence-corrected chi connectivity index (χ2v) is 7.36. The smallest absolute Gasteiger partial charge is 0.310 e. The van der Waals surface area contributed by atoms with E-state index in [4.69, 9.17) is 4.74 Å². The number of likely N-dealkylation sites (N-methyl/N-ethyl adjacent to an activating group) is 1. The number of aromatic amines is 1. The van der Waals surface area contributed by atoms with Crippen molar-refractivity contribution in [2.45, 2.75) is 25.8 Å². The lowest BCUT2D eigenvalue weighted by atomic mass is 9.70. The molecule has 0 radical (unpaired) electrons. The van der Waals surface area contributed by atoms with E-state index in [1.54, 1.807) is 0 Å². The molecule has 0 spiro atoms. The van der Waals surface area contributed by atoms with Gasteiger partial charge < -0.3 is 9.72 Å². The highest BCUT2D eigenvalue weighted by Gasteiger charge is 2.46. The van der Waals surface area contributed by atoms with Crippen molar-refractivity contribution in [3.63, 3.8) is 0 Å². The van der Waals surface area contributed by atoms with Crippen LogP contribution < -0.4 is 0 Å². The molecule has 1 aromatic heterocycles. The Morgan fingerprint density at radius 2 is 2.08 bits per heavy atom. The molecule has 4 rings (SSSR count). The third kappa shape index (κ3) is 2.50. The Labute approximate surface area is 153 Å². The van der Waals surface area contributed by atoms with Gasteiger partial charge in [0.05, 0.1) is 18.7 Å². The van der Waals surface area contributed by atoms with Crippen LogP contribution in [0.4, 0.5) is 0 Å². The third-order valence-electron chi connectivity index (χ3n) is 6.08. The zero-order chi connectivity index (χ0) is 18.4. The molecule has 1 fully saturated rings. The minimum absolute atomic E-state index is 0.0159. The molecule has 2 bridgehead atoms. The first kappa shape index (κ1) is 17.0. The normalized spacial score (nSPS) is 27.9. The van der Waals surface area contributed by atoms with Crippen LogP contribution in [0.15, 0.2) is 35.9 Å². The van der Waals surface area contributed by atoms with Crippen molar-refractivity contribution < 1.29 is 14.3 Å². The molecule has 1 N–H and O–H groups in total. The Balaban J connectivity index is 1.91. The summed E-state index contributed by atoms with van der Waals surface area (Å²) in [5.74, 6) is -0.559. The van der Waals surface area contributed by atoms with E-state index in [0.717, 1.165) is 28.6 Å². The van der Waals surface area contributed by atoms with E-state index in [1.807, 2.05) is 37.3 Å². The number of piperidine rings is 1. The lowest BCUT2D eigenvalue weighted by Crippen LogP contribution is -2.54. The molecule has 2 aliphatic rings. The Bertz CT molecular complexity index is 911. The summed E-state index contributed by atoms with van der Waals surface area (Å²) in [6, 6.07) is 8.02. The van der Waals surface area contributed by atoms with E-state index in [-0.39, 0.29) is 29.6 Å². The Kier molecular flexibility index (Phi) is 4.19. The number of fused-ring (bicyclic) bond motifs is 5. The van der Waals surface area contributed by atoms with Gasteiger partial charge in [-0.05, 0) is 32.0 Å². The predicted octanol–water partition coefficient (Wildman–Crippen LogP) is 2.96. The number of ketones is 1. The highest BCUT2D eigenvalue weighted by atomic mass is 16.5. The molecule has 2 heterocycles. The average molecular weight is 352 g/mol. The lowest BCUT2D eigenvalue weighted by molar-refractivity contribution is -0.150. The summed E-state index contributed by atoms with van der Waals surface area (Å²) in [4.78, 5) is 31.3. The van der Waals surface area contributed by atoms with Gasteiger partial charge in [0.15, 0.2) is 5.78 Å². The van der Waals surface area contributed by atoms with Crippen LogP contribution in [-0.2, 0) is 16.0 Å². The molecule has 0 amide bonds. The molecule has 0 unspecified atom stereocenters. The zero-order valence-electron chi connectivity index (χ0n) is 15.4. The largest absolute Gasteiger partial charge is 0.469 e. The van der Waals surface area contributed by atoms with Crippen molar-refractivity contribution >= 4 is 22.7 Å². The summed E-state index contributed by atoms with van der Waals surface area (Å²) in [6.45, 7) is 2.76. The van der Waals surface area contributed by atoms with Crippen LogP contribution in [0.1, 0.15) is 29.4 Å². The number of carbonyl (C=O) groups excluding carboxylic acids is 2. The number of aromatic nitrogens is 1. The summed E-state index contributed by atoms with van der Waals surface area (Å²) in [5, 5.41) is 1.07. The number of esters is 1. The summed E-state index contributed by atoms with van der Waals surface area (Å²) in [6.07, 6.45) is 3.05. The molecule has 26 heavy (non-hydrogen) atoms. The van der Waals surface area contributed by atoms with Crippen LogP contribution in [0, 0.1) is 11.8 Å². The van der Waals surface area contributed by atoms with Crippen LogP contribution in [0.25, 0.3) is 10.9 Å². The highest BCUT2D eigenvalue weighted by Crippen LogP contribution is 2.41. The number of para-hydroxylation sites is 1. The van der Waals surface area contributed by atoms with Crippen molar-refractivity contribution in [2.24, 2.45) is 11.8 Å². The fourth-order valence-electron chi connectivity index (χ4n) is 4.76. The first-order valence-corrected chi connectivity index (χ1v) is 9.11. The van der Waals surface area contributed by atoms with Gasteiger partial charge in [-0.15, -0.1) is 0 Å². The van der Waals surface area contributed by atoms with Gasteiger partial charge in [-0.3, -0.25) is 14.5 Å². The van der Waals surface area contributed by atoms with Gasteiger partial charge in [-0.1, -0.05) is 29.8 Å². The summed E-state index contributed by atoms with van der Waals surface area (Å²) in [7, 11) is 3.49. The Hall–Kier alpha value is -2.40. The predicted molar refractivity (Wildman–Crippen MR) is 100 cm³/mol. The molecular weight excluding hydrogens is 328 g/mol. The molecule has 1 aromatic carbocycles. The Morgan fingerprint density at radius 3 is 2.81 bits per heavy atom. The van der Waals surface area contributed by atoms with Gasteiger partial charge in [0.25, 0.3) is 0 Å². The number of ether oxygens (including phenoxy) is 1. The topological polar surface area (TPSA) is 62.4 Å². The fourth-order valence-corrected chi connectivity index (χ4v) is 4.76. The number of rotatable bonds is 1. The molecule has 2 aromatic rings. The first-order chi connectivity index (χ1) is 12.5. The third-order valence-corrected chi connectivity index (χ3v) is 6.08. The van der Waals surface area contributed by atoms with Crippen molar-refractivity contribution in [1.29, 1.82) is 0 Å². The molecule has 1 aliphatic heterocycles. The lowest BCUT2D eigenvalue weighted by Gasteiger charge is -2.45. The first-order valence-electron chi connectivity index (χ1n) is 9.11. The van der Waals surface area contributed by atoms with Crippen molar-refractivity contribution in [3.05, 3.63) is 47.2 Å². The monoisotopic (exact) mass is 352 g/mol. The number of hydrogen-bond donors (Lipinski definition) is 1. The average Bonchev–Trinajstić information content (AvgIpc) is 3.01. The number of nitrogens with one attached hydrogen (secondary N) is 1. The number of nitrogens with zero attached hydrogens (tertiary/aromatic N) is 1. The second kappa shape index (κ2) is 6.40. The second-order valence-electron chi connectivity index (χ2n) is 7.36. The quantitative estimate of drug-likeness (QED) is 0.633. The van der Waals surface area contributed by atoms with E-state index in [9.17, 15) is 9.59 Å². The van der Waals surface area contributed by atoms with Crippen molar-refractivity contribution in [3.8, 4) is 0 Å². The maximum absolute atomic E-state index is 13.1. The number of Topliss-reactive ketones (excluding diaryl/α,β-unsaturated/α-hetero) is 1. The number of methoxy groups -OCH3 is 1. The highest BCUT2D eigenvalue weighted by molar-refractivity contribution is 6.03. The summed E-state index contributed by atoms with van der Waals surface area (Å²) >= 11 is 0. The van der Waals surface area contributed by atoms with E-state index >= 15 is 0 Å². The number of H-pyrrole nitrogens is 1. The number of allylic oxidation sites excluding steroid dienone is 1. The molecule has 1 saturated heterocycles. The van der Waals surface area contributed by atoms with Crippen LogP contribution >= 0.6 is 0 Å². The molecule has 3 atom stereocenters. The van der Waals surface area contributed by atoms with Gasteiger partial charge >= 0.3 is 5.97 Å². The van der Waals surface area contributed by atoms with E-state index in [2.05, 4.69) is 16.9 Å². The number of likely N-dealkylation sites (tertiary alicyclic amines) is 1. The number of benzene rings is 1. The molecule has 5 heteroatoms. The van der Waals surface area contributed by atoms with E-state index in [0.29, 0.717) is 18.5 Å². The van der Waals surface area contributed by atoms with Crippen LogP contribution in [0.5, 0.6) is 0 Å². The standard InChI is InChI=1S/C21H24N2O3/c1-4-12-11-23(2)17-9-15-13-7-5-6-8-16(13)22-20(15)18(24)10-14(12)19(17)21(25)26-3/h4-8,14,17,19,22H,9-11H2,1-3H3/t14-,17+,19+/m1/s1. The molecule has 1 aliphatic carbocycles. The van der Waals surface area contributed by atoms with Crippen molar-refractivity contribution in [1.82, 2.24) is 9.88 Å². The Morgan fingerprint density at radius 1 is 1.31 bits per heavy atom. The molecule has 5 nitrogen and oxygen atoms in total. The fraction of sp³-hybridized carbons (Fsp3) is 0.429. The molecule has 0 saturated carbocycles. The minimum atomic E-state index is -0.323. The SMILES string of the molecule is CC=C1CN(C)[C@H]2Cc3c([nH]c4ccccc34)C(=O)C[C@H]1[C@@H]2C(=O)OC. The van der Waals surface area contributed by atoms with E-state index in [1.165, 1.54) is 7.11 Å². The summed E-state index contributed by atoms with van der Waals surface area (Å²) < 4.78 is 5.14. The van der Waals surface area contributed by atoms with Gasteiger partial charge in [-0.2, -0.15) is 0 Å². The maximum atomic E-state index is 13.1. The van der Waals surface area contributed by atoms with Gasteiger partial charge in [-0.25, -0.2) is 0 Å². The molecule has 136 valence electrons. The van der Waals surface area contributed by atoms with Gasteiger partial charge in [0.1, 0.15) is 0 Å². The van der Waals surface area contributed by atoms with E-state index < -0.39 is 0 Å². The number of carbonyl (C=O) groups is 2. The van der Waals surface area contributed by atoms with Crippen LogP contribution in [0.3, 0.4) is 0 Å². The van der Waals surface area contributed by atoms with Crippen molar-refractivity contribution in [2.75, 3.05) is 20.7 Å². The van der Waals surface area contributed by atoms with Crippen LogP contribution in [-0.4, -0.2) is 48.4 Å². The summed E-state index contributed by atoms with van der Waals surface area (Å²) in [5.41, 5.74) is 3.85. The zero-order valence-corrected chi connectivity index (χ0v) is 15.4.